The highest BCUT2D eigenvalue weighted by Crippen LogP contribution is 2.47. The molecule has 0 N–H and O–H groups in total. The molecular formula is C22H27N3O2. The van der Waals surface area contributed by atoms with Gasteiger partial charge in [0.15, 0.2) is 0 Å². The topological polar surface area (TPSA) is 49.6 Å². The molecule has 0 saturated carbocycles. The van der Waals surface area contributed by atoms with Gasteiger partial charge in [-0.25, -0.2) is 0 Å². The van der Waals surface area contributed by atoms with Crippen molar-refractivity contribution in [1.82, 2.24) is 0 Å². The van der Waals surface area contributed by atoms with E-state index in [9.17, 15) is 10.1 Å². The van der Waals surface area contributed by atoms with Gasteiger partial charge in [0.25, 0.3) is 0 Å². The largest absolute Gasteiger partial charge is 0.378 e. The molecule has 0 aromatic heterocycles. The van der Waals surface area contributed by atoms with Crippen molar-refractivity contribution in [1.29, 1.82) is 0 Å². The molecule has 5 heteroatoms. The van der Waals surface area contributed by atoms with Crippen LogP contribution in [-0.2, 0) is 5.41 Å². The van der Waals surface area contributed by atoms with Crippen molar-refractivity contribution >= 4 is 11.4 Å². The van der Waals surface area contributed by atoms with Crippen molar-refractivity contribution in [2.45, 2.75) is 25.2 Å². The van der Waals surface area contributed by atoms with Crippen molar-refractivity contribution in [2.75, 3.05) is 37.5 Å². The summed E-state index contributed by atoms with van der Waals surface area (Å²) in [4.78, 5) is 15.3. The van der Waals surface area contributed by atoms with Gasteiger partial charge in [-0.05, 0) is 29.3 Å². The van der Waals surface area contributed by atoms with Crippen molar-refractivity contribution in [3.8, 4) is 0 Å². The molecule has 0 aliphatic carbocycles. The van der Waals surface area contributed by atoms with Crippen LogP contribution in [0.2, 0.25) is 0 Å². The number of benzene rings is 2. The van der Waals surface area contributed by atoms with E-state index >= 15 is 0 Å². The second kappa shape index (κ2) is 7.06. The van der Waals surface area contributed by atoms with Crippen molar-refractivity contribution in [2.24, 2.45) is 0 Å². The van der Waals surface area contributed by atoms with Gasteiger partial charge in [-0.3, -0.25) is 10.1 Å². The predicted octanol–water partition coefficient (Wildman–Crippen LogP) is 4.42. The molecular weight excluding hydrogens is 338 g/mol. The van der Waals surface area contributed by atoms with E-state index in [2.05, 4.69) is 37.0 Å². The highest BCUT2D eigenvalue weighted by Gasteiger charge is 2.39. The Hall–Kier alpha value is -2.82. The maximum absolute atomic E-state index is 11.3. The zero-order valence-corrected chi connectivity index (χ0v) is 16.6. The fourth-order valence-electron chi connectivity index (χ4n) is 3.93. The molecule has 0 spiro atoms. The first-order chi connectivity index (χ1) is 12.7. The molecule has 142 valence electrons. The van der Waals surface area contributed by atoms with E-state index in [1.807, 2.05) is 62.4 Å². The molecule has 0 fully saturated rings. The molecule has 1 aliphatic rings. The molecule has 1 heterocycles. The number of fused-ring (bicyclic) bond motifs is 1. The van der Waals surface area contributed by atoms with Gasteiger partial charge in [0, 0.05) is 48.6 Å². The Morgan fingerprint density at radius 3 is 2.33 bits per heavy atom. The Balaban J connectivity index is 2.03. The van der Waals surface area contributed by atoms with Crippen LogP contribution in [0.3, 0.4) is 0 Å². The molecule has 5 nitrogen and oxygen atoms in total. The van der Waals surface area contributed by atoms with Crippen molar-refractivity contribution in [3.05, 3.63) is 81.5 Å². The molecule has 0 bridgehead atoms. The lowest BCUT2D eigenvalue weighted by Gasteiger charge is -2.26. The van der Waals surface area contributed by atoms with E-state index in [-0.39, 0.29) is 22.8 Å². The molecule has 3 rings (SSSR count). The van der Waals surface area contributed by atoms with Crippen LogP contribution in [0.25, 0.3) is 0 Å². The minimum Gasteiger partial charge on any atom is -0.378 e. The van der Waals surface area contributed by atoms with E-state index in [0.717, 1.165) is 22.6 Å². The standard InChI is InChI=1S/C22H27N3O2/c1-22(2)19-8-6-7-9-20(19)24(5)21(22)14-17(15-25(26)27)16-10-12-18(13-11-16)23(3)4/h6-14,17H,15H2,1-5H3. The van der Waals surface area contributed by atoms with Gasteiger partial charge < -0.3 is 9.80 Å². The van der Waals surface area contributed by atoms with Crippen LogP contribution in [0.15, 0.2) is 60.3 Å². The first-order valence-corrected chi connectivity index (χ1v) is 9.16. The van der Waals surface area contributed by atoms with Crippen LogP contribution < -0.4 is 9.80 Å². The van der Waals surface area contributed by atoms with Gasteiger partial charge in [-0.15, -0.1) is 0 Å². The van der Waals surface area contributed by atoms with E-state index in [1.54, 1.807) is 0 Å². The number of rotatable bonds is 5. The number of para-hydroxylation sites is 1. The Bertz CT molecular complexity index is 869. The number of hydrogen-bond acceptors (Lipinski definition) is 4. The number of allylic oxidation sites excluding steroid dienone is 1. The minimum absolute atomic E-state index is 0.120. The van der Waals surface area contributed by atoms with Crippen molar-refractivity contribution < 1.29 is 4.92 Å². The van der Waals surface area contributed by atoms with Gasteiger partial charge in [-0.2, -0.15) is 0 Å². The lowest BCUT2D eigenvalue weighted by atomic mass is 9.82. The van der Waals surface area contributed by atoms with Gasteiger partial charge in [0.1, 0.15) is 0 Å². The summed E-state index contributed by atoms with van der Waals surface area (Å²) < 4.78 is 0. The number of likely N-dealkylation sites (N-methyl/N-ethyl adjacent to an activating group) is 1. The Morgan fingerprint density at radius 2 is 1.78 bits per heavy atom. The summed E-state index contributed by atoms with van der Waals surface area (Å²) in [5.41, 5.74) is 5.37. The molecule has 0 amide bonds. The van der Waals surface area contributed by atoms with Crippen LogP contribution in [-0.4, -0.2) is 32.6 Å². The van der Waals surface area contributed by atoms with Crippen LogP contribution in [0, 0.1) is 10.1 Å². The smallest absolute Gasteiger partial charge is 0.214 e. The summed E-state index contributed by atoms with van der Waals surface area (Å²) >= 11 is 0. The normalized spacial score (nSPS) is 17.7. The molecule has 1 unspecified atom stereocenters. The fraction of sp³-hybridized carbons (Fsp3) is 0.364. The highest BCUT2D eigenvalue weighted by molar-refractivity contribution is 5.70. The lowest BCUT2D eigenvalue weighted by molar-refractivity contribution is -0.481. The molecule has 2 aromatic carbocycles. The SMILES string of the molecule is CN(C)c1ccc(C(C=C2N(C)c3ccccc3C2(C)C)C[N+](=O)[O-])cc1. The van der Waals surface area contributed by atoms with Gasteiger partial charge in [0.05, 0.1) is 5.92 Å². The third kappa shape index (κ3) is 3.54. The van der Waals surface area contributed by atoms with Crippen LogP contribution >= 0.6 is 0 Å². The first-order valence-electron chi connectivity index (χ1n) is 9.16. The zero-order chi connectivity index (χ0) is 19.8. The average Bonchev–Trinajstić information content (AvgIpc) is 2.82. The molecule has 1 atom stereocenters. The summed E-state index contributed by atoms with van der Waals surface area (Å²) in [5.74, 6) is -0.276. The molecule has 1 aliphatic heterocycles. The Labute approximate surface area is 161 Å². The molecule has 2 aromatic rings. The fourth-order valence-corrected chi connectivity index (χ4v) is 3.93. The summed E-state index contributed by atoms with van der Waals surface area (Å²) in [6, 6.07) is 16.3. The van der Waals surface area contributed by atoms with Crippen LogP contribution in [0.4, 0.5) is 11.4 Å². The summed E-state index contributed by atoms with van der Waals surface area (Å²) in [5, 5.41) is 11.3. The maximum Gasteiger partial charge on any atom is 0.214 e. The van der Waals surface area contributed by atoms with Crippen molar-refractivity contribution in [3.63, 3.8) is 0 Å². The van der Waals surface area contributed by atoms with E-state index < -0.39 is 0 Å². The second-order valence-corrected chi connectivity index (χ2v) is 7.86. The number of nitrogens with zero attached hydrogens (tertiary/aromatic N) is 3. The van der Waals surface area contributed by atoms with Crippen LogP contribution in [0.1, 0.15) is 30.9 Å². The predicted molar refractivity (Wildman–Crippen MR) is 111 cm³/mol. The van der Waals surface area contributed by atoms with E-state index in [4.69, 9.17) is 0 Å². The number of nitro groups is 1. The molecule has 27 heavy (non-hydrogen) atoms. The number of anilines is 2. The maximum atomic E-state index is 11.3. The summed E-state index contributed by atoms with van der Waals surface area (Å²) in [7, 11) is 6.01. The van der Waals surface area contributed by atoms with Gasteiger partial charge >= 0.3 is 0 Å². The van der Waals surface area contributed by atoms with Gasteiger partial charge in [-0.1, -0.05) is 50.3 Å². The second-order valence-electron chi connectivity index (χ2n) is 7.86. The minimum atomic E-state index is -0.276. The lowest BCUT2D eigenvalue weighted by Crippen LogP contribution is -2.25. The highest BCUT2D eigenvalue weighted by atomic mass is 16.6. The molecule has 0 radical (unpaired) electrons. The summed E-state index contributed by atoms with van der Waals surface area (Å²) in [6.07, 6.45) is 2.08. The number of hydrogen-bond donors (Lipinski definition) is 0. The van der Waals surface area contributed by atoms with Gasteiger partial charge in [0.2, 0.25) is 6.54 Å². The van der Waals surface area contributed by atoms with Crippen LogP contribution in [0.5, 0.6) is 0 Å². The monoisotopic (exact) mass is 365 g/mol. The quantitative estimate of drug-likeness (QED) is 0.581. The Kier molecular flexibility index (Phi) is 4.96. The molecule has 0 saturated heterocycles. The van der Waals surface area contributed by atoms with E-state index in [1.165, 1.54) is 5.56 Å². The average molecular weight is 365 g/mol. The Morgan fingerprint density at radius 1 is 1.15 bits per heavy atom. The third-order valence-corrected chi connectivity index (χ3v) is 5.48. The first kappa shape index (κ1) is 19.0. The third-order valence-electron chi connectivity index (χ3n) is 5.48. The summed E-state index contributed by atoms with van der Waals surface area (Å²) in [6.45, 7) is 4.24. The van der Waals surface area contributed by atoms with E-state index in [0.29, 0.717) is 0 Å². The zero-order valence-electron chi connectivity index (χ0n) is 16.6.